The van der Waals surface area contributed by atoms with Crippen molar-refractivity contribution >= 4 is 0 Å². The van der Waals surface area contributed by atoms with Gasteiger partial charge in [-0.1, -0.05) is 6.07 Å². The smallest absolute Gasteiger partial charge is 0.165 e. The molecule has 1 heterocycles. The monoisotopic (exact) mass is 226 g/mol. The van der Waals surface area contributed by atoms with E-state index in [0.717, 1.165) is 6.42 Å². The van der Waals surface area contributed by atoms with Crippen LogP contribution in [0, 0.1) is 5.82 Å². The fourth-order valence-corrected chi connectivity index (χ4v) is 1.66. The van der Waals surface area contributed by atoms with Crippen LogP contribution in [0.1, 0.15) is 25.0 Å². The van der Waals surface area contributed by atoms with Crippen molar-refractivity contribution in [2.75, 3.05) is 13.2 Å². The molecule has 16 heavy (non-hydrogen) atoms. The second-order valence-corrected chi connectivity index (χ2v) is 3.97. The van der Waals surface area contributed by atoms with Gasteiger partial charge in [0.2, 0.25) is 0 Å². The lowest BCUT2D eigenvalue weighted by molar-refractivity contribution is 0.138. The van der Waals surface area contributed by atoms with Gasteiger partial charge >= 0.3 is 0 Å². The fraction of sp³-hybridized carbons (Fsp3) is 0.500. The Morgan fingerprint density at radius 1 is 1.56 bits per heavy atom. The Hall–Kier alpha value is -1.13. The molecule has 1 aromatic rings. The summed E-state index contributed by atoms with van der Waals surface area (Å²) < 4.78 is 24.2. The lowest BCUT2D eigenvalue weighted by atomic mass is 10.1. The van der Waals surface area contributed by atoms with Crippen LogP contribution in [-0.2, 0) is 4.74 Å². The zero-order valence-electron chi connectivity index (χ0n) is 9.15. The predicted molar refractivity (Wildman–Crippen MR) is 56.9 cm³/mol. The maximum atomic E-state index is 13.6. The average Bonchev–Trinajstić information content (AvgIpc) is 2.73. The fourth-order valence-electron chi connectivity index (χ4n) is 1.66. The molecule has 1 N–H and O–H groups in total. The van der Waals surface area contributed by atoms with E-state index in [1.54, 1.807) is 19.1 Å². The number of hydrogen-bond acceptors (Lipinski definition) is 3. The Kier molecular flexibility index (Phi) is 3.41. The SMILES string of the molecule is C[C@H](O)c1ccc(OC2CCOC2)c(F)c1. The highest BCUT2D eigenvalue weighted by Crippen LogP contribution is 2.24. The van der Waals surface area contributed by atoms with Gasteiger partial charge in [0.1, 0.15) is 6.10 Å². The Labute approximate surface area is 93.8 Å². The van der Waals surface area contributed by atoms with Gasteiger partial charge < -0.3 is 14.6 Å². The highest BCUT2D eigenvalue weighted by atomic mass is 19.1. The Bertz CT molecular complexity index is 359. The maximum absolute atomic E-state index is 13.6. The summed E-state index contributed by atoms with van der Waals surface area (Å²) in [6.07, 6.45) is 0.0580. The lowest BCUT2D eigenvalue weighted by Gasteiger charge is -2.13. The minimum absolute atomic E-state index is 0.0631. The van der Waals surface area contributed by atoms with Gasteiger partial charge in [-0.2, -0.15) is 0 Å². The summed E-state index contributed by atoms with van der Waals surface area (Å²) in [5.41, 5.74) is 0.549. The molecule has 4 heteroatoms. The minimum atomic E-state index is -0.668. The molecule has 0 aromatic heterocycles. The van der Waals surface area contributed by atoms with Crippen LogP contribution in [-0.4, -0.2) is 24.4 Å². The first-order chi connectivity index (χ1) is 7.66. The van der Waals surface area contributed by atoms with Gasteiger partial charge in [0.05, 0.1) is 19.3 Å². The summed E-state index contributed by atoms with van der Waals surface area (Å²) in [5.74, 6) is -0.217. The molecule has 88 valence electrons. The quantitative estimate of drug-likeness (QED) is 0.857. The molecule has 1 aliphatic heterocycles. The van der Waals surface area contributed by atoms with E-state index in [2.05, 4.69) is 0 Å². The normalized spacial score (nSPS) is 22.1. The molecule has 1 saturated heterocycles. The molecule has 1 aromatic carbocycles. The molecule has 1 aliphatic rings. The molecular formula is C12H15FO3. The summed E-state index contributed by atoms with van der Waals surface area (Å²) in [7, 11) is 0. The maximum Gasteiger partial charge on any atom is 0.165 e. The molecule has 2 rings (SSSR count). The Balaban J connectivity index is 2.09. The van der Waals surface area contributed by atoms with Crippen molar-refractivity contribution in [3.05, 3.63) is 29.6 Å². The van der Waals surface area contributed by atoms with Crippen molar-refractivity contribution < 1.29 is 19.0 Å². The average molecular weight is 226 g/mol. The van der Waals surface area contributed by atoms with Gasteiger partial charge in [-0.05, 0) is 24.6 Å². The van der Waals surface area contributed by atoms with E-state index < -0.39 is 11.9 Å². The van der Waals surface area contributed by atoms with Gasteiger partial charge in [0.25, 0.3) is 0 Å². The van der Waals surface area contributed by atoms with Crippen molar-refractivity contribution in [1.29, 1.82) is 0 Å². The van der Waals surface area contributed by atoms with E-state index in [1.807, 2.05) is 0 Å². The molecule has 0 saturated carbocycles. The first kappa shape index (κ1) is 11.4. The van der Waals surface area contributed by atoms with Crippen molar-refractivity contribution in [2.24, 2.45) is 0 Å². The molecule has 0 aliphatic carbocycles. The Morgan fingerprint density at radius 2 is 2.38 bits per heavy atom. The summed E-state index contributed by atoms with van der Waals surface area (Å²) in [6.45, 7) is 2.77. The number of rotatable bonds is 3. The van der Waals surface area contributed by atoms with E-state index in [9.17, 15) is 9.50 Å². The first-order valence-corrected chi connectivity index (χ1v) is 5.38. The van der Waals surface area contributed by atoms with Gasteiger partial charge in [-0.15, -0.1) is 0 Å². The van der Waals surface area contributed by atoms with E-state index in [0.29, 0.717) is 18.8 Å². The third-order valence-corrected chi connectivity index (χ3v) is 2.62. The second-order valence-electron chi connectivity index (χ2n) is 3.97. The van der Waals surface area contributed by atoms with Crippen molar-refractivity contribution in [3.8, 4) is 5.75 Å². The molecular weight excluding hydrogens is 211 g/mol. The molecule has 0 radical (unpaired) electrons. The zero-order chi connectivity index (χ0) is 11.5. The molecule has 0 spiro atoms. The molecule has 1 fully saturated rings. The van der Waals surface area contributed by atoms with E-state index in [-0.39, 0.29) is 11.9 Å². The van der Waals surface area contributed by atoms with Gasteiger partial charge in [0.15, 0.2) is 11.6 Å². The van der Waals surface area contributed by atoms with Crippen molar-refractivity contribution in [1.82, 2.24) is 0 Å². The van der Waals surface area contributed by atoms with E-state index >= 15 is 0 Å². The topological polar surface area (TPSA) is 38.7 Å². The van der Waals surface area contributed by atoms with Crippen LogP contribution in [0.15, 0.2) is 18.2 Å². The first-order valence-electron chi connectivity index (χ1n) is 5.38. The molecule has 0 amide bonds. The van der Waals surface area contributed by atoms with Crippen molar-refractivity contribution in [3.63, 3.8) is 0 Å². The molecule has 0 bridgehead atoms. The highest BCUT2D eigenvalue weighted by molar-refractivity contribution is 5.30. The highest BCUT2D eigenvalue weighted by Gasteiger charge is 2.19. The third kappa shape index (κ3) is 2.51. The third-order valence-electron chi connectivity index (χ3n) is 2.62. The number of aliphatic hydroxyl groups is 1. The van der Waals surface area contributed by atoms with E-state index in [4.69, 9.17) is 9.47 Å². The van der Waals surface area contributed by atoms with Crippen LogP contribution >= 0.6 is 0 Å². The minimum Gasteiger partial charge on any atom is -0.485 e. The number of benzene rings is 1. The van der Waals surface area contributed by atoms with E-state index in [1.165, 1.54) is 6.07 Å². The largest absolute Gasteiger partial charge is 0.485 e. The molecule has 2 atom stereocenters. The Morgan fingerprint density at radius 3 is 2.94 bits per heavy atom. The number of aliphatic hydroxyl groups excluding tert-OH is 1. The van der Waals surface area contributed by atoms with Crippen LogP contribution in [0.4, 0.5) is 4.39 Å². The summed E-state index contributed by atoms with van der Waals surface area (Å²) in [4.78, 5) is 0. The van der Waals surface area contributed by atoms with Crippen LogP contribution in [0.25, 0.3) is 0 Å². The second kappa shape index (κ2) is 4.80. The van der Waals surface area contributed by atoms with Crippen LogP contribution in [0.3, 0.4) is 0 Å². The van der Waals surface area contributed by atoms with Crippen LogP contribution in [0.5, 0.6) is 5.75 Å². The molecule has 1 unspecified atom stereocenters. The number of ether oxygens (including phenoxy) is 2. The molecule has 3 nitrogen and oxygen atoms in total. The standard InChI is InChI=1S/C12H15FO3/c1-8(14)9-2-3-12(11(13)6-9)16-10-4-5-15-7-10/h2-3,6,8,10,14H,4-5,7H2,1H3/t8-,10?/m0/s1. The van der Waals surface area contributed by atoms with Gasteiger partial charge in [0, 0.05) is 6.42 Å². The van der Waals surface area contributed by atoms with Crippen LogP contribution in [0.2, 0.25) is 0 Å². The summed E-state index contributed by atoms with van der Waals surface area (Å²) in [5, 5.41) is 9.30. The van der Waals surface area contributed by atoms with Crippen LogP contribution < -0.4 is 4.74 Å². The van der Waals surface area contributed by atoms with Crippen molar-refractivity contribution in [2.45, 2.75) is 25.6 Å². The van der Waals surface area contributed by atoms with Gasteiger partial charge in [-0.3, -0.25) is 0 Å². The lowest BCUT2D eigenvalue weighted by Crippen LogP contribution is -2.16. The zero-order valence-corrected chi connectivity index (χ0v) is 9.15. The number of halogens is 1. The number of hydrogen-bond donors (Lipinski definition) is 1. The summed E-state index contributed by atoms with van der Waals surface area (Å²) in [6, 6.07) is 4.52. The van der Waals surface area contributed by atoms with Gasteiger partial charge in [-0.25, -0.2) is 4.39 Å². The predicted octanol–water partition coefficient (Wildman–Crippen LogP) is 2.05. The summed E-state index contributed by atoms with van der Waals surface area (Å²) >= 11 is 0.